The molecular formula is C23H14BrClFN2O. The van der Waals surface area contributed by atoms with Crippen LogP contribution in [0.3, 0.4) is 0 Å². The van der Waals surface area contributed by atoms with E-state index in [2.05, 4.69) is 27.3 Å². The maximum absolute atomic E-state index is 14.2. The van der Waals surface area contributed by atoms with E-state index in [0.717, 1.165) is 16.1 Å². The van der Waals surface area contributed by atoms with Crippen LogP contribution in [0.15, 0.2) is 65.1 Å². The number of carbonyl (C=O) groups excluding carboxylic acids is 1. The number of pyridine rings is 1. The number of hydrogen-bond donors (Lipinski definition) is 1. The third-order valence-corrected chi connectivity index (χ3v) is 5.27. The third kappa shape index (κ3) is 3.88. The van der Waals surface area contributed by atoms with Gasteiger partial charge in [-0.25, -0.2) is 9.37 Å². The maximum atomic E-state index is 14.2. The van der Waals surface area contributed by atoms with Gasteiger partial charge in [0.25, 0.3) is 5.91 Å². The molecule has 143 valence electrons. The number of benzene rings is 3. The van der Waals surface area contributed by atoms with Gasteiger partial charge in [0.2, 0.25) is 0 Å². The molecule has 1 radical (unpaired) electrons. The van der Waals surface area contributed by atoms with Gasteiger partial charge in [-0.15, -0.1) is 0 Å². The van der Waals surface area contributed by atoms with E-state index in [9.17, 15) is 9.18 Å². The number of rotatable bonds is 3. The van der Waals surface area contributed by atoms with Crippen molar-refractivity contribution in [3.05, 3.63) is 93.2 Å². The number of hydrogen-bond acceptors (Lipinski definition) is 2. The minimum atomic E-state index is -0.647. The van der Waals surface area contributed by atoms with Gasteiger partial charge in [-0.3, -0.25) is 4.79 Å². The highest BCUT2D eigenvalue weighted by atomic mass is 79.9. The average Bonchev–Trinajstić information content (AvgIpc) is 2.70. The number of nitrogens with one attached hydrogen (secondary N) is 1. The van der Waals surface area contributed by atoms with E-state index < -0.39 is 11.7 Å². The van der Waals surface area contributed by atoms with Crippen LogP contribution in [0.5, 0.6) is 0 Å². The van der Waals surface area contributed by atoms with E-state index in [1.807, 2.05) is 55.5 Å². The molecule has 3 nitrogen and oxygen atoms in total. The second kappa shape index (κ2) is 7.93. The lowest BCUT2D eigenvalue weighted by molar-refractivity contribution is 0.102. The van der Waals surface area contributed by atoms with Gasteiger partial charge in [-0.2, -0.15) is 0 Å². The molecule has 1 aromatic heterocycles. The SMILES string of the molecule is Cc1c(-c2ccccc2)nc2ccc(Br)cc2c1C(=O)Nc1[c]cc(Cl)cc1F. The molecule has 0 bridgehead atoms. The number of carbonyl (C=O) groups is 1. The molecule has 1 heterocycles. The molecule has 0 aliphatic heterocycles. The number of halogens is 3. The van der Waals surface area contributed by atoms with Crippen LogP contribution in [-0.2, 0) is 0 Å². The van der Waals surface area contributed by atoms with Gasteiger partial charge in [-0.1, -0.05) is 57.9 Å². The number of fused-ring (bicyclic) bond motifs is 1. The Morgan fingerprint density at radius 1 is 1.17 bits per heavy atom. The van der Waals surface area contributed by atoms with E-state index in [4.69, 9.17) is 16.6 Å². The monoisotopic (exact) mass is 467 g/mol. The number of amides is 1. The Morgan fingerprint density at radius 2 is 1.93 bits per heavy atom. The largest absolute Gasteiger partial charge is 0.319 e. The lowest BCUT2D eigenvalue weighted by Crippen LogP contribution is -2.16. The van der Waals surface area contributed by atoms with Gasteiger partial charge in [0.1, 0.15) is 5.82 Å². The van der Waals surface area contributed by atoms with Gasteiger partial charge in [0.05, 0.1) is 22.5 Å². The van der Waals surface area contributed by atoms with Gasteiger partial charge >= 0.3 is 0 Å². The van der Waals surface area contributed by atoms with Crippen LogP contribution < -0.4 is 5.32 Å². The normalized spacial score (nSPS) is 10.9. The summed E-state index contributed by atoms with van der Waals surface area (Å²) >= 11 is 9.23. The van der Waals surface area contributed by atoms with Crippen LogP contribution in [0.2, 0.25) is 5.02 Å². The highest BCUT2D eigenvalue weighted by molar-refractivity contribution is 9.10. The molecule has 0 saturated carbocycles. The Morgan fingerprint density at radius 3 is 2.66 bits per heavy atom. The molecule has 1 N–H and O–H groups in total. The maximum Gasteiger partial charge on any atom is 0.256 e. The first-order valence-corrected chi connectivity index (χ1v) is 9.94. The topological polar surface area (TPSA) is 42.0 Å². The van der Waals surface area contributed by atoms with Crippen LogP contribution in [0.4, 0.5) is 10.1 Å². The fourth-order valence-corrected chi connectivity index (χ4v) is 3.73. The first kappa shape index (κ1) is 19.6. The van der Waals surface area contributed by atoms with Crippen molar-refractivity contribution in [1.82, 2.24) is 4.98 Å². The van der Waals surface area contributed by atoms with Crippen molar-refractivity contribution in [3.63, 3.8) is 0 Å². The first-order chi connectivity index (χ1) is 13.9. The summed E-state index contributed by atoms with van der Waals surface area (Å²) in [6.45, 7) is 1.84. The molecule has 0 aliphatic carbocycles. The Hall–Kier alpha value is -2.76. The second-order valence-corrected chi connectivity index (χ2v) is 7.83. The van der Waals surface area contributed by atoms with E-state index >= 15 is 0 Å². The van der Waals surface area contributed by atoms with Crippen LogP contribution in [0.1, 0.15) is 15.9 Å². The Balaban J connectivity index is 1.90. The van der Waals surface area contributed by atoms with E-state index in [1.54, 1.807) is 0 Å². The summed E-state index contributed by atoms with van der Waals surface area (Å²) < 4.78 is 15.0. The molecule has 0 spiro atoms. The highest BCUT2D eigenvalue weighted by Crippen LogP contribution is 2.32. The predicted molar refractivity (Wildman–Crippen MR) is 118 cm³/mol. The minimum absolute atomic E-state index is 0.0555. The molecule has 0 atom stereocenters. The van der Waals surface area contributed by atoms with Crippen LogP contribution in [0.25, 0.3) is 22.2 Å². The standard InChI is InChI=1S/C23H14BrClFN2O/c1-13-21(23(29)28-20-10-8-16(25)12-18(20)26)17-11-15(24)7-9-19(17)27-22(13)14-5-3-2-4-6-14/h2-9,11-12H,1H3,(H,28,29). The van der Waals surface area contributed by atoms with Gasteiger partial charge in [-0.05, 0) is 42.8 Å². The van der Waals surface area contributed by atoms with E-state index in [1.165, 1.54) is 6.07 Å². The Kier molecular flexibility index (Phi) is 5.35. The summed E-state index contributed by atoms with van der Waals surface area (Å²) in [6.07, 6.45) is 0. The quantitative estimate of drug-likeness (QED) is 0.358. The molecule has 4 aromatic rings. The lowest BCUT2D eigenvalue weighted by atomic mass is 9.97. The van der Waals surface area contributed by atoms with E-state index in [0.29, 0.717) is 27.7 Å². The fraction of sp³-hybridized carbons (Fsp3) is 0.0435. The average molecular weight is 469 g/mol. The summed E-state index contributed by atoms with van der Waals surface area (Å²) in [5.41, 5.74) is 3.34. The molecule has 6 heteroatoms. The second-order valence-electron chi connectivity index (χ2n) is 6.48. The lowest BCUT2D eigenvalue weighted by Gasteiger charge is -2.15. The molecule has 0 unspecified atom stereocenters. The highest BCUT2D eigenvalue weighted by Gasteiger charge is 2.20. The molecule has 3 aromatic carbocycles. The summed E-state index contributed by atoms with van der Waals surface area (Å²) in [7, 11) is 0. The van der Waals surface area contributed by atoms with Gasteiger partial charge in [0.15, 0.2) is 0 Å². The molecule has 0 saturated heterocycles. The molecule has 29 heavy (non-hydrogen) atoms. The zero-order valence-corrected chi connectivity index (χ0v) is 17.6. The van der Waals surface area contributed by atoms with Crippen molar-refractivity contribution < 1.29 is 9.18 Å². The van der Waals surface area contributed by atoms with Crippen molar-refractivity contribution in [1.29, 1.82) is 0 Å². The number of aromatic nitrogens is 1. The molecule has 4 rings (SSSR count). The first-order valence-electron chi connectivity index (χ1n) is 8.77. The Bertz CT molecular complexity index is 1240. The van der Waals surface area contributed by atoms with Gasteiger partial charge < -0.3 is 5.32 Å². The molecule has 1 amide bonds. The minimum Gasteiger partial charge on any atom is -0.319 e. The van der Waals surface area contributed by atoms with Crippen molar-refractivity contribution in [2.24, 2.45) is 0 Å². The molecule has 0 fully saturated rings. The van der Waals surface area contributed by atoms with Crippen molar-refractivity contribution in [2.45, 2.75) is 6.92 Å². The summed E-state index contributed by atoms with van der Waals surface area (Å²) in [4.78, 5) is 18.0. The summed E-state index contributed by atoms with van der Waals surface area (Å²) in [5.74, 6) is -1.09. The van der Waals surface area contributed by atoms with Crippen LogP contribution in [-0.4, -0.2) is 10.9 Å². The van der Waals surface area contributed by atoms with Crippen LogP contribution in [0, 0.1) is 18.8 Å². The summed E-state index contributed by atoms with van der Waals surface area (Å²) in [6, 6.07) is 20.4. The number of nitrogens with zero attached hydrogens (tertiary/aromatic N) is 1. The zero-order valence-electron chi connectivity index (χ0n) is 15.3. The number of anilines is 1. The molecular weight excluding hydrogens is 455 g/mol. The Labute approximate surface area is 180 Å². The zero-order chi connectivity index (χ0) is 20.5. The van der Waals surface area contributed by atoms with Crippen molar-refractivity contribution in [3.8, 4) is 11.3 Å². The third-order valence-electron chi connectivity index (χ3n) is 4.56. The fourth-order valence-electron chi connectivity index (χ4n) is 3.22. The summed E-state index contributed by atoms with van der Waals surface area (Å²) in [5, 5.41) is 3.49. The van der Waals surface area contributed by atoms with E-state index in [-0.39, 0.29) is 10.7 Å². The van der Waals surface area contributed by atoms with Crippen LogP contribution >= 0.6 is 27.5 Å². The van der Waals surface area contributed by atoms with Crippen molar-refractivity contribution in [2.75, 3.05) is 5.32 Å². The van der Waals surface area contributed by atoms with Gasteiger partial charge in [0, 0.05) is 26.5 Å². The smallest absolute Gasteiger partial charge is 0.256 e. The molecule has 0 aliphatic rings. The van der Waals surface area contributed by atoms with Crippen molar-refractivity contribution >= 4 is 50.0 Å². The predicted octanol–water partition coefficient (Wildman–Crippen LogP) is 6.82.